The first kappa shape index (κ1) is 11.2. The summed E-state index contributed by atoms with van der Waals surface area (Å²) < 4.78 is 0. The van der Waals surface area contributed by atoms with Crippen LogP contribution in [-0.4, -0.2) is 12.2 Å². The van der Waals surface area contributed by atoms with Gasteiger partial charge >= 0.3 is 0 Å². The van der Waals surface area contributed by atoms with Gasteiger partial charge < -0.3 is 5.73 Å². The number of benzene rings is 1. The summed E-state index contributed by atoms with van der Waals surface area (Å²) in [6.45, 7) is 7.07. The largest absolute Gasteiger partial charge is 0.314 e. The van der Waals surface area contributed by atoms with E-state index in [0.29, 0.717) is 5.92 Å². The highest BCUT2D eigenvalue weighted by Gasteiger charge is 2.11. The third-order valence-corrected chi connectivity index (χ3v) is 2.23. The third-order valence-electron chi connectivity index (χ3n) is 2.23. The van der Waals surface area contributed by atoms with Gasteiger partial charge in [0.1, 0.15) is 0 Å². The Labute approximate surface area is 86.5 Å². The number of nitrogens with two attached hydrogens (primary N) is 1. The van der Waals surface area contributed by atoms with Crippen LogP contribution in [0.4, 0.5) is 0 Å². The molecule has 0 heterocycles. The molecule has 1 aromatic carbocycles. The van der Waals surface area contributed by atoms with E-state index in [2.05, 4.69) is 36.5 Å². The molecule has 1 aromatic rings. The Bertz CT molecular complexity index is 261. The van der Waals surface area contributed by atoms with Crippen LogP contribution >= 0.6 is 0 Å². The minimum absolute atomic E-state index is 0.289. The van der Waals surface area contributed by atoms with Gasteiger partial charge in [-0.1, -0.05) is 37.3 Å². The molecule has 0 aliphatic heterocycles. The molecular weight excluding hydrogens is 172 g/mol. The summed E-state index contributed by atoms with van der Waals surface area (Å²) in [5, 5.41) is 3.30. The van der Waals surface area contributed by atoms with E-state index >= 15 is 0 Å². The van der Waals surface area contributed by atoms with Crippen molar-refractivity contribution in [2.75, 3.05) is 6.54 Å². The standard InChI is InChI=1S/C12H20N2/c1-10(9-14-12(2,3)13)11-7-5-4-6-8-11/h4-8,10,14H,9,13H2,1-3H3. The average molecular weight is 192 g/mol. The molecule has 2 nitrogen and oxygen atoms in total. The Morgan fingerprint density at radius 2 is 1.86 bits per heavy atom. The number of hydrogen-bond donors (Lipinski definition) is 2. The van der Waals surface area contributed by atoms with Crippen LogP contribution in [0.25, 0.3) is 0 Å². The molecule has 1 atom stereocenters. The topological polar surface area (TPSA) is 38.0 Å². The van der Waals surface area contributed by atoms with E-state index in [4.69, 9.17) is 5.73 Å². The van der Waals surface area contributed by atoms with Crippen molar-refractivity contribution in [2.45, 2.75) is 32.4 Å². The van der Waals surface area contributed by atoms with Crippen LogP contribution in [0.15, 0.2) is 30.3 Å². The van der Waals surface area contributed by atoms with Gasteiger partial charge in [-0.2, -0.15) is 0 Å². The van der Waals surface area contributed by atoms with Crippen LogP contribution in [0, 0.1) is 0 Å². The van der Waals surface area contributed by atoms with Gasteiger partial charge in [-0.25, -0.2) is 0 Å². The van der Waals surface area contributed by atoms with Crippen molar-refractivity contribution in [3.8, 4) is 0 Å². The van der Waals surface area contributed by atoms with Crippen LogP contribution in [-0.2, 0) is 0 Å². The van der Waals surface area contributed by atoms with E-state index in [1.54, 1.807) is 0 Å². The number of rotatable bonds is 4. The van der Waals surface area contributed by atoms with Gasteiger partial charge in [-0.05, 0) is 25.3 Å². The van der Waals surface area contributed by atoms with E-state index in [0.717, 1.165) is 6.54 Å². The lowest BCUT2D eigenvalue weighted by Gasteiger charge is -2.23. The molecule has 2 heteroatoms. The summed E-state index contributed by atoms with van der Waals surface area (Å²) in [5.41, 5.74) is 6.91. The van der Waals surface area contributed by atoms with Crippen LogP contribution in [0.3, 0.4) is 0 Å². The first-order valence-corrected chi connectivity index (χ1v) is 5.08. The minimum Gasteiger partial charge on any atom is -0.314 e. The smallest absolute Gasteiger partial charge is 0.0604 e. The molecule has 0 bridgehead atoms. The van der Waals surface area contributed by atoms with Gasteiger partial charge in [0.15, 0.2) is 0 Å². The van der Waals surface area contributed by atoms with Crippen LogP contribution in [0.1, 0.15) is 32.3 Å². The first-order valence-electron chi connectivity index (χ1n) is 5.08. The van der Waals surface area contributed by atoms with Crippen LogP contribution < -0.4 is 11.1 Å². The van der Waals surface area contributed by atoms with E-state index < -0.39 is 0 Å². The highest BCUT2D eigenvalue weighted by atomic mass is 15.1. The molecule has 0 fully saturated rings. The van der Waals surface area contributed by atoms with Crippen molar-refractivity contribution in [3.05, 3.63) is 35.9 Å². The average Bonchev–Trinajstić information content (AvgIpc) is 2.14. The lowest BCUT2D eigenvalue weighted by Crippen LogP contribution is -2.49. The highest BCUT2D eigenvalue weighted by Crippen LogP contribution is 2.13. The zero-order chi connectivity index (χ0) is 10.6. The first-order chi connectivity index (χ1) is 6.49. The predicted octanol–water partition coefficient (Wildman–Crippen LogP) is 2.07. The Hall–Kier alpha value is -0.860. The van der Waals surface area contributed by atoms with Gasteiger partial charge in [0.25, 0.3) is 0 Å². The summed E-state index contributed by atoms with van der Waals surface area (Å²) in [7, 11) is 0. The Morgan fingerprint density at radius 1 is 1.29 bits per heavy atom. The summed E-state index contributed by atoms with van der Waals surface area (Å²) in [5.74, 6) is 0.499. The lowest BCUT2D eigenvalue weighted by atomic mass is 10.0. The van der Waals surface area contributed by atoms with Crippen LogP contribution in [0.5, 0.6) is 0 Å². The maximum Gasteiger partial charge on any atom is 0.0604 e. The molecule has 0 aromatic heterocycles. The normalized spacial score (nSPS) is 14.0. The fraction of sp³-hybridized carbons (Fsp3) is 0.500. The summed E-state index contributed by atoms with van der Waals surface area (Å²) >= 11 is 0. The fourth-order valence-corrected chi connectivity index (χ4v) is 1.32. The van der Waals surface area contributed by atoms with Gasteiger partial charge in [-0.3, -0.25) is 5.32 Å². The number of nitrogens with one attached hydrogen (secondary N) is 1. The Kier molecular flexibility index (Phi) is 3.67. The molecular formula is C12H20N2. The molecule has 0 aliphatic rings. The molecule has 14 heavy (non-hydrogen) atoms. The van der Waals surface area contributed by atoms with Crippen molar-refractivity contribution in [2.24, 2.45) is 5.73 Å². The monoisotopic (exact) mass is 192 g/mol. The molecule has 0 aliphatic carbocycles. The van der Waals surface area contributed by atoms with Crippen LogP contribution in [0.2, 0.25) is 0 Å². The molecule has 1 rings (SSSR count). The fourth-order valence-electron chi connectivity index (χ4n) is 1.32. The molecule has 0 saturated heterocycles. The van der Waals surface area contributed by atoms with Crippen molar-refractivity contribution in [1.82, 2.24) is 5.32 Å². The zero-order valence-electron chi connectivity index (χ0n) is 9.25. The zero-order valence-corrected chi connectivity index (χ0v) is 9.25. The third kappa shape index (κ3) is 3.90. The molecule has 1 unspecified atom stereocenters. The second-order valence-electron chi connectivity index (χ2n) is 4.41. The van der Waals surface area contributed by atoms with E-state index in [1.165, 1.54) is 5.56 Å². The lowest BCUT2D eigenvalue weighted by molar-refractivity contribution is 0.392. The number of hydrogen-bond acceptors (Lipinski definition) is 2. The van der Waals surface area contributed by atoms with Gasteiger partial charge in [0, 0.05) is 6.54 Å². The summed E-state index contributed by atoms with van der Waals surface area (Å²) in [4.78, 5) is 0. The van der Waals surface area contributed by atoms with Gasteiger partial charge in [0.05, 0.1) is 5.66 Å². The molecule has 0 spiro atoms. The summed E-state index contributed by atoms with van der Waals surface area (Å²) in [6.07, 6.45) is 0. The Morgan fingerprint density at radius 3 is 2.36 bits per heavy atom. The van der Waals surface area contributed by atoms with Crippen molar-refractivity contribution in [1.29, 1.82) is 0 Å². The molecule has 0 radical (unpaired) electrons. The maximum atomic E-state index is 5.85. The van der Waals surface area contributed by atoms with Gasteiger partial charge in [-0.15, -0.1) is 0 Å². The quantitative estimate of drug-likeness (QED) is 0.717. The van der Waals surface area contributed by atoms with Crippen molar-refractivity contribution >= 4 is 0 Å². The highest BCUT2D eigenvalue weighted by molar-refractivity contribution is 5.19. The van der Waals surface area contributed by atoms with E-state index in [1.807, 2.05) is 19.9 Å². The molecule has 78 valence electrons. The SMILES string of the molecule is CC(CNC(C)(C)N)c1ccccc1. The van der Waals surface area contributed by atoms with Crippen molar-refractivity contribution in [3.63, 3.8) is 0 Å². The maximum absolute atomic E-state index is 5.85. The second-order valence-corrected chi connectivity index (χ2v) is 4.41. The minimum atomic E-state index is -0.289. The summed E-state index contributed by atoms with van der Waals surface area (Å²) in [6, 6.07) is 10.5. The van der Waals surface area contributed by atoms with E-state index in [-0.39, 0.29) is 5.66 Å². The molecule has 3 N–H and O–H groups in total. The second kappa shape index (κ2) is 4.58. The molecule has 0 amide bonds. The van der Waals surface area contributed by atoms with Gasteiger partial charge in [0.2, 0.25) is 0 Å². The Balaban J connectivity index is 2.48. The van der Waals surface area contributed by atoms with Crippen molar-refractivity contribution < 1.29 is 0 Å². The van der Waals surface area contributed by atoms with E-state index in [9.17, 15) is 0 Å². The molecule has 0 saturated carbocycles. The predicted molar refractivity (Wildman–Crippen MR) is 61.1 cm³/mol.